The van der Waals surface area contributed by atoms with E-state index in [4.69, 9.17) is 9.73 Å². The van der Waals surface area contributed by atoms with E-state index in [0.29, 0.717) is 13.2 Å². The van der Waals surface area contributed by atoms with Crippen LogP contribution in [0.1, 0.15) is 17.3 Å². The Morgan fingerprint density at radius 3 is 2.50 bits per heavy atom. The van der Waals surface area contributed by atoms with Crippen molar-refractivity contribution in [3.05, 3.63) is 95.8 Å². The number of pyridine rings is 1. The van der Waals surface area contributed by atoms with Gasteiger partial charge in [-0.1, -0.05) is 42.5 Å². The Labute approximate surface area is 188 Å². The summed E-state index contributed by atoms with van der Waals surface area (Å²) in [6.45, 7) is 3.32. The number of ether oxygens (including phenoxy) is 1. The van der Waals surface area contributed by atoms with Crippen LogP contribution in [0.2, 0.25) is 0 Å². The molecule has 3 aromatic rings. The molecule has 1 atom stereocenters. The number of rotatable bonds is 3. The number of likely N-dealkylation sites (N-methyl/N-ethyl adjacent to an activating group) is 2. The Balaban J connectivity index is 1.36. The van der Waals surface area contributed by atoms with E-state index in [9.17, 15) is 0 Å². The predicted molar refractivity (Wildman–Crippen MR) is 128 cm³/mol. The molecule has 32 heavy (non-hydrogen) atoms. The molecule has 1 aromatic heterocycles. The molecule has 0 aliphatic carbocycles. The third-order valence-electron chi connectivity index (χ3n) is 5.98. The fraction of sp³-hybridized carbons (Fsp3) is 0.231. The van der Waals surface area contributed by atoms with Crippen molar-refractivity contribution in [1.82, 2.24) is 14.8 Å². The third kappa shape index (κ3) is 3.91. The smallest absolute Gasteiger partial charge is 0.205 e. The van der Waals surface area contributed by atoms with Gasteiger partial charge in [0.25, 0.3) is 0 Å². The maximum atomic E-state index is 6.12. The lowest BCUT2D eigenvalue weighted by atomic mass is 10.1. The summed E-state index contributed by atoms with van der Waals surface area (Å²) in [7, 11) is 4.11. The zero-order chi connectivity index (χ0) is 22.1. The molecule has 0 bridgehead atoms. The molecule has 0 saturated heterocycles. The highest BCUT2D eigenvalue weighted by atomic mass is 16.5. The number of nitrogens with one attached hydrogen (secondary N) is 1. The van der Waals surface area contributed by atoms with Crippen LogP contribution in [-0.2, 0) is 4.74 Å². The van der Waals surface area contributed by atoms with E-state index in [2.05, 4.69) is 81.7 Å². The maximum absolute atomic E-state index is 6.12. The van der Waals surface area contributed by atoms with Crippen molar-refractivity contribution in [2.75, 3.05) is 32.6 Å². The SMILES string of the molecule is Cc1cc(-c2ccc(NC3=NC4=C(CN3C)OCC(c3ccccc3)N4C)cc2)ccn1. The number of hydrogen-bond acceptors (Lipinski definition) is 6. The Morgan fingerprint density at radius 2 is 1.75 bits per heavy atom. The van der Waals surface area contributed by atoms with Crippen LogP contribution in [0, 0.1) is 6.92 Å². The van der Waals surface area contributed by atoms with Gasteiger partial charge in [-0.2, -0.15) is 4.99 Å². The van der Waals surface area contributed by atoms with Crippen molar-refractivity contribution in [2.24, 2.45) is 4.99 Å². The molecule has 0 fully saturated rings. The highest BCUT2D eigenvalue weighted by molar-refractivity contribution is 5.95. The highest BCUT2D eigenvalue weighted by Gasteiger charge is 2.32. The van der Waals surface area contributed by atoms with Gasteiger partial charge in [-0.3, -0.25) is 4.98 Å². The Hall–Kier alpha value is -3.80. The fourth-order valence-corrected chi connectivity index (χ4v) is 4.15. The van der Waals surface area contributed by atoms with Crippen LogP contribution in [0.5, 0.6) is 0 Å². The minimum atomic E-state index is 0.145. The molecule has 5 rings (SSSR count). The lowest BCUT2D eigenvalue weighted by Crippen LogP contribution is -2.43. The summed E-state index contributed by atoms with van der Waals surface area (Å²) in [5.41, 5.74) is 5.56. The van der Waals surface area contributed by atoms with Gasteiger partial charge in [0.05, 0.1) is 12.6 Å². The molecule has 3 heterocycles. The average Bonchev–Trinajstić information content (AvgIpc) is 2.81. The van der Waals surface area contributed by atoms with E-state index in [1.54, 1.807) is 0 Å². The molecule has 1 unspecified atom stereocenters. The number of aromatic nitrogens is 1. The van der Waals surface area contributed by atoms with Gasteiger partial charge in [0, 0.05) is 31.7 Å². The molecular weight excluding hydrogens is 398 g/mol. The average molecular weight is 426 g/mol. The van der Waals surface area contributed by atoms with Crippen molar-refractivity contribution in [1.29, 1.82) is 0 Å². The van der Waals surface area contributed by atoms with Crippen molar-refractivity contribution in [2.45, 2.75) is 13.0 Å². The molecule has 0 radical (unpaired) electrons. The summed E-state index contributed by atoms with van der Waals surface area (Å²) in [4.78, 5) is 13.5. The summed E-state index contributed by atoms with van der Waals surface area (Å²) in [5, 5.41) is 3.48. The van der Waals surface area contributed by atoms with Gasteiger partial charge >= 0.3 is 0 Å². The number of anilines is 1. The molecule has 162 valence electrons. The van der Waals surface area contributed by atoms with Gasteiger partial charge < -0.3 is 19.9 Å². The minimum Gasteiger partial charge on any atom is -0.490 e. The van der Waals surface area contributed by atoms with Gasteiger partial charge in [0.15, 0.2) is 11.6 Å². The summed E-state index contributed by atoms with van der Waals surface area (Å²) < 4.78 is 6.12. The second-order valence-corrected chi connectivity index (χ2v) is 8.27. The first kappa shape index (κ1) is 20.1. The molecule has 6 heteroatoms. The Kier molecular flexibility index (Phi) is 5.27. The van der Waals surface area contributed by atoms with E-state index in [0.717, 1.165) is 34.5 Å². The number of aryl methyl sites for hydroxylation is 1. The largest absolute Gasteiger partial charge is 0.490 e. The van der Waals surface area contributed by atoms with Crippen molar-refractivity contribution >= 4 is 11.6 Å². The summed E-state index contributed by atoms with van der Waals surface area (Å²) in [6.07, 6.45) is 1.85. The molecule has 2 aliphatic heterocycles. The normalized spacial score (nSPS) is 18.1. The van der Waals surface area contributed by atoms with Crippen LogP contribution >= 0.6 is 0 Å². The van der Waals surface area contributed by atoms with Gasteiger partial charge in [-0.15, -0.1) is 0 Å². The standard InChI is InChI=1S/C26H27N5O/c1-18-15-21(13-14-27-18)19-9-11-22(12-10-19)28-26-29-25-24(16-30(26)2)32-17-23(31(25)3)20-7-5-4-6-8-20/h4-15,23H,16-17H2,1-3H3,(H,28,29). The summed E-state index contributed by atoms with van der Waals surface area (Å²) in [6, 6.07) is 23.1. The van der Waals surface area contributed by atoms with Crippen molar-refractivity contribution < 1.29 is 4.74 Å². The summed E-state index contributed by atoms with van der Waals surface area (Å²) in [5.74, 6) is 2.60. The summed E-state index contributed by atoms with van der Waals surface area (Å²) >= 11 is 0. The quantitative estimate of drug-likeness (QED) is 0.662. The van der Waals surface area contributed by atoms with Gasteiger partial charge in [-0.25, -0.2) is 0 Å². The lowest BCUT2D eigenvalue weighted by molar-refractivity contribution is 0.0768. The molecule has 6 nitrogen and oxygen atoms in total. The van der Waals surface area contributed by atoms with E-state index in [1.165, 1.54) is 11.1 Å². The second-order valence-electron chi connectivity index (χ2n) is 8.27. The zero-order valence-electron chi connectivity index (χ0n) is 18.6. The molecule has 2 aliphatic rings. The van der Waals surface area contributed by atoms with Crippen LogP contribution in [0.15, 0.2) is 89.5 Å². The number of hydrogen-bond donors (Lipinski definition) is 1. The zero-order valence-corrected chi connectivity index (χ0v) is 18.6. The monoisotopic (exact) mass is 425 g/mol. The molecule has 1 N–H and O–H groups in total. The van der Waals surface area contributed by atoms with Crippen molar-refractivity contribution in [3.8, 4) is 11.1 Å². The molecule has 0 saturated carbocycles. The Morgan fingerprint density at radius 1 is 0.969 bits per heavy atom. The molecule has 0 spiro atoms. The van der Waals surface area contributed by atoms with Gasteiger partial charge in [0.1, 0.15) is 6.61 Å². The Bertz CT molecular complexity index is 1170. The number of guanidine groups is 1. The lowest BCUT2D eigenvalue weighted by Gasteiger charge is -2.40. The predicted octanol–water partition coefficient (Wildman–Crippen LogP) is 4.64. The van der Waals surface area contributed by atoms with Crippen molar-refractivity contribution in [3.63, 3.8) is 0 Å². The second kappa shape index (κ2) is 8.38. The fourth-order valence-electron chi connectivity index (χ4n) is 4.15. The van der Waals surface area contributed by atoms with E-state index in [1.807, 2.05) is 32.3 Å². The topological polar surface area (TPSA) is 53.0 Å². The molecule has 0 amide bonds. The number of aliphatic imine (C=N–C) groups is 1. The van der Waals surface area contributed by atoms with E-state index >= 15 is 0 Å². The maximum Gasteiger partial charge on any atom is 0.205 e. The minimum absolute atomic E-state index is 0.145. The van der Waals surface area contributed by atoms with Gasteiger partial charge in [0.2, 0.25) is 5.96 Å². The number of nitrogens with zero attached hydrogens (tertiary/aromatic N) is 4. The van der Waals surface area contributed by atoms with Gasteiger partial charge in [-0.05, 0) is 47.9 Å². The first-order valence-corrected chi connectivity index (χ1v) is 10.8. The van der Waals surface area contributed by atoms with E-state index in [-0.39, 0.29) is 6.04 Å². The molecular formula is C26H27N5O. The number of benzene rings is 2. The first-order chi connectivity index (χ1) is 15.6. The van der Waals surface area contributed by atoms with Crippen LogP contribution in [-0.4, -0.2) is 48.0 Å². The first-order valence-electron chi connectivity index (χ1n) is 10.8. The van der Waals surface area contributed by atoms with Crippen LogP contribution in [0.3, 0.4) is 0 Å². The highest BCUT2D eigenvalue weighted by Crippen LogP contribution is 2.33. The molecule has 2 aromatic carbocycles. The van der Waals surface area contributed by atoms with Crippen LogP contribution < -0.4 is 5.32 Å². The van der Waals surface area contributed by atoms with E-state index < -0.39 is 0 Å². The van der Waals surface area contributed by atoms with Crippen LogP contribution in [0.4, 0.5) is 5.69 Å². The van der Waals surface area contributed by atoms with Crippen LogP contribution in [0.25, 0.3) is 11.1 Å². The third-order valence-corrected chi connectivity index (χ3v) is 5.98.